The van der Waals surface area contributed by atoms with E-state index in [0.29, 0.717) is 0 Å². The number of carbonyl (C=O) groups excluding carboxylic acids is 1. The Hall–Kier alpha value is -4.15. The molecule has 0 unspecified atom stereocenters. The molecule has 0 aliphatic carbocycles. The zero-order valence-electron chi connectivity index (χ0n) is 13.1. The molecule has 0 atom stereocenters. The second-order valence-electron chi connectivity index (χ2n) is 5.14. The first kappa shape index (κ1) is 15.4. The molecule has 3 aromatic heterocycles. The highest BCUT2D eigenvalue weighted by Crippen LogP contribution is 2.14. The zero-order valence-corrected chi connectivity index (χ0v) is 13.1. The molecule has 3 heterocycles. The van der Waals surface area contributed by atoms with Crippen molar-refractivity contribution in [1.82, 2.24) is 35.7 Å². The maximum absolute atomic E-state index is 12.1. The van der Waals surface area contributed by atoms with Gasteiger partial charge >= 0.3 is 0 Å². The van der Waals surface area contributed by atoms with Gasteiger partial charge in [0.15, 0.2) is 5.69 Å². The molecule has 11 heteroatoms. The van der Waals surface area contributed by atoms with Gasteiger partial charge in [0.25, 0.3) is 5.91 Å². The van der Waals surface area contributed by atoms with Crippen molar-refractivity contribution >= 4 is 28.8 Å². The second kappa shape index (κ2) is 6.39. The van der Waals surface area contributed by atoms with Gasteiger partial charge in [0, 0.05) is 17.1 Å². The third kappa shape index (κ3) is 2.84. The number of rotatable bonds is 4. The number of hydrazone groups is 1. The van der Waals surface area contributed by atoms with E-state index >= 15 is 0 Å². The van der Waals surface area contributed by atoms with Crippen molar-refractivity contribution in [3.8, 4) is 5.82 Å². The fourth-order valence-corrected chi connectivity index (χ4v) is 2.28. The van der Waals surface area contributed by atoms with Crippen molar-refractivity contribution in [3.63, 3.8) is 0 Å². The number of pyridine rings is 1. The van der Waals surface area contributed by atoms with Gasteiger partial charge in [-0.2, -0.15) is 9.78 Å². The van der Waals surface area contributed by atoms with Crippen molar-refractivity contribution in [3.05, 3.63) is 54.0 Å². The summed E-state index contributed by atoms with van der Waals surface area (Å²) >= 11 is 0. The average Bonchev–Trinajstić information content (AvgIpc) is 3.30. The van der Waals surface area contributed by atoms with Crippen LogP contribution >= 0.6 is 0 Å². The number of anilines is 1. The molecule has 0 saturated carbocycles. The van der Waals surface area contributed by atoms with Crippen molar-refractivity contribution in [2.24, 2.45) is 5.10 Å². The number of amides is 1. The lowest BCUT2D eigenvalue weighted by atomic mass is 10.1. The predicted octanol–water partition coefficient (Wildman–Crippen LogP) is 0.545. The third-order valence-corrected chi connectivity index (χ3v) is 3.49. The molecule has 0 bridgehead atoms. The number of benzene rings is 1. The summed E-state index contributed by atoms with van der Waals surface area (Å²) in [7, 11) is 0. The summed E-state index contributed by atoms with van der Waals surface area (Å²) < 4.78 is 5.66. The van der Waals surface area contributed by atoms with E-state index < -0.39 is 5.91 Å². The minimum absolute atomic E-state index is 0.0316. The number of hydrogen-bond acceptors (Lipinski definition) is 9. The van der Waals surface area contributed by atoms with Crippen molar-refractivity contribution < 1.29 is 9.42 Å². The first-order valence-electron chi connectivity index (χ1n) is 7.40. The monoisotopic (exact) mass is 349 g/mol. The Morgan fingerprint density at radius 2 is 2.19 bits per heavy atom. The van der Waals surface area contributed by atoms with Crippen molar-refractivity contribution in [2.75, 3.05) is 5.73 Å². The van der Waals surface area contributed by atoms with Crippen LogP contribution in [-0.2, 0) is 0 Å². The smallest absolute Gasteiger partial charge is 0.293 e. The third-order valence-electron chi connectivity index (χ3n) is 3.49. The lowest BCUT2D eigenvalue weighted by Crippen LogP contribution is -2.18. The van der Waals surface area contributed by atoms with Crippen LogP contribution in [0.25, 0.3) is 16.7 Å². The van der Waals surface area contributed by atoms with Crippen LogP contribution in [0.15, 0.2) is 52.5 Å². The van der Waals surface area contributed by atoms with Gasteiger partial charge in [-0.25, -0.2) is 10.1 Å². The van der Waals surface area contributed by atoms with E-state index in [2.05, 4.69) is 40.8 Å². The highest BCUT2D eigenvalue weighted by Gasteiger charge is 2.15. The first-order valence-corrected chi connectivity index (χ1v) is 7.40. The van der Waals surface area contributed by atoms with Gasteiger partial charge < -0.3 is 5.73 Å². The minimum atomic E-state index is -0.541. The molecule has 3 N–H and O–H groups in total. The molecular weight excluding hydrogens is 338 g/mol. The molecule has 0 aliphatic rings. The SMILES string of the molecule is Nc1nonc1-n1cc(C(=O)NN=Cc2cccc3ncccc23)nn1. The van der Waals surface area contributed by atoms with E-state index in [1.54, 1.807) is 6.20 Å². The predicted molar refractivity (Wildman–Crippen MR) is 90.4 cm³/mol. The van der Waals surface area contributed by atoms with Gasteiger partial charge in [-0.1, -0.05) is 23.4 Å². The average molecular weight is 349 g/mol. The van der Waals surface area contributed by atoms with E-state index in [4.69, 9.17) is 5.73 Å². The Morgan fingerprint density at radius 1 is 1.27 bits per heavy atom. The molecule has 0 saturated heterocycles. The molecule has 1 amide bonds. The Labute approximate surface area is 145 Å². The molecule has 26 heavy (non-hydrogen) atoms. The lowest BCUT2D eigenvalue weighted by Gasteiger charge is -2.00. The number of nitrogens with one attached hydrogen (secondary N) is 1. The van der Waals surface area contributed by atoms with E-state index in [-0.39, 0.29) is 17.3 Å². The van der Waals surface area contributed by atoms with Gasteiger partial charge in [0.1, 0.15) is 0 Å². The van der Waals surface area contributed by atoms with Crippen LogP contribution < -0.4 is 11.2 Å². The number of nitrogens with two attached hydrogens (primary N) is 1. The number of aromatic nitrogens is 6. The minimum Gasteiger partial charge on any atom is -0.378 e. The Kier molecular flexibility index (Phi) is 3.78. The van der Waals surface area contributed by atoms with Crippen LogP contribution in [0.2, 0.25) is 0 Å². The van der Waals surface area contributed by atoms with E-state index in [1.165, 1.54) is 17.1 Å². The Bertz CT molecular complexity index is 1110. The van der Waals surface area contributed by atoms with Crippen LogP contribution in [0.1, 0.15) is 16.1 Å². The molecule has 1 aromatic carbocycles. The summed E-state index contributed by atoms with van der Waals surface area (Å²) in [5.74, 6) is -0.367. The van der Waals surface area contributed by atoms with Crippen LogP contribution in [0.3, 0.4) is 0 Å². The quantitative estimate of drug-likeness (QED) is 0.400. The zero-order chi connectivity index (χ0) is 17.9. The number of nitrogens with zero attached hydrogens (tertiary/aromatic N) is 7. The molecule has 4 rings (SSSR count). The number of fused-ring (bicyclic) bond motifs is 1. The van der Waals surface area contributed by atoms with Gasteiger partial charge in [-0.15, -0.1) is 5.10 Å². The fourth-order valence-electron chi connectivity index (χ4n) is 2.28. The molecule has 0 aliphatic heterocycles. The standard InChI is InChI=1S/C15H11N9O2/c16-13-14(22-26-21-13)24-8-12(19-23-24)15(25)20-18-7-9-3-1-5-11-10(9)4-2-6-17-11/h1-8H,(H2,16,21)(H,20,25). The maximum atomic E-state index is 12.1. The molecular formula is C15H11N9O2. The van der Waals surface area contributed by atoms with Gasteiger partial charge in [0.05, 0.1) is 17.9 Å². The summed E-state index contributed by atoms with van der Waals surface area (Å²) in [5.41, 5.74) is 9.64. The fraction of sp³-hybridized carbons (Fsp3) is 0. The molecule has 0 fully saturated rings. The van der Waals surface area contributed by atoms with Crippen molar-refractivity contribution in [1.29, 1.82) is 0 Å². The van der Waals surface area contributed by atoms with E-state index in [0.717, 1.165) is 16.5 Å². The summed E-state index contributed by atoms with van der Waals surface area (Å²) in [6, 6.07) is 9.39. The van der Waals surface area contributed by atoms with Gasteiger partial charge in [-0.3, -0.25) is 9.78 Å². The molecule has 4 aromatic rings. The van der Waals surface area contributed by atoms with E-state index in [9.17, 15) is 4.79 Å². The normalized spacial score (nSPS) is 11.2. The molecule has 11 nitrogen and oxygen atoms in total. The molecule has 0 spiro atoms. The van der Waals surface area contributed by atoms with Crippen LogP contribution in [0.4, 0.5) is 5.82 Å². The van der Waals surface area contributed by atoms with Crippen molar-refractivity contribution in [2.45, 2.75) is 0 Å². The van der Waals surface area contributed by atoms with Crippen LogP contribution in [-0.4, -0.2) is 42.4 Å². The lowest BCUT2D eigenvalue weighted by molar-refractivity contribution is 0.0950. The van der Waals surface area contributed by atoms with E-state index in [1.807, 2.05) is 30.3 Å². The van der Waals surface area contributed by atoms with Gasteiger partial charge in [0.2, 0.25) is 11.6 Å². The highest BCUT2D eigenvalue weighted by atomic mass is 16.6. The summed E-state index contributed by atoms with van der Waals surface area (Å²) in [5, 5.41) is 19.4. The molecule has 128 valence electrons. The summed E-state index contributed by atoms with van der Waals surface area (Å²) in [4.78, 5) is 16.4. The molecule has 0 radical (unpaired) electrons. The first-order chi connectivity index (χ1) is 12.7. The number of nitrogen functional groups attached to an aromatic ring is 1. The summed E-state index contributed by atoms with van der Waals surface area (Å²) in [6.45, 7) is 0. The highest BCUT2D eigenvalue weighted by molar-refractivity contribution is 5.99. The maximum Gasteiger partial charge on any atom is 0.293 e. The van der Waals surface area contributed by atoms with Gasteiger partial charge in [-0.05, 0) is 22.4 Å². The Balaban J connectivity index is 1.49. The topological polar surface area (TPSA) is 150 Å². The largest absolute Gasteiger partial charge is 0.378 e. The number of carbonyl (C=O) groups is 1. The van der Waals surface area contributed by atoms with Crippen LogP contribution in [0, 0.1) is 0 Å². The van der Waals surface area contributed by atoms with Crippen LogP contribution in [0.5, 0.6) is 0 Å². The summed E-state index contributed by atoms with van der Waals surface area (Å²) in [6.07, 6.45) is 4.58. The second-order valence-corrected chi connectivity index (χ2v) is 5.14. The Morgan fingerprint density at radius 3 is 3.04 bits per heavy atom. The number of hydrogen-bond donors (Lipinski definition) is 2.